The van der Waals surface area contributed by atoms with E-state index in [9.17, 15) is 24.9 Å². The fraction of sp³-hybridized carbons (Fsp3) is 0.750. The molecule has 4 saturated carbocycles. The third kappa shape index (κ3) is 5.88. The van der Waals surface area contributed by atoms with E-state index in [1.165, 1.54) is 6.92 Å². The third-order valence-electron chi connectivity index (χ3n) is 13.4. The van der Waals surface area contributed by atoms with Crippen LogP contribution in [0.2, 0.25) is 0 Å². The normalized spacial score (nSPS) is 41.1. The highest BCUT2D eigenvalue weighted by atomic mass is 79.9. The van der Waals surface area contributed by atoms with Gasteiger partial charge in [-0.05, 0) is 96.9 Å². The lowest BCUT2D eigenvalue weighted by atomic mass is 9.36. The first-order valence-electron chi connectivity index (χ1n) is 16.6. The lowest BCUT2D eigenvalue weighted by Crippen LogP contribution is -3.00. The molecular weight excluding hydrogens is 702 g/mol. The number of aliphatic hydroxyl groups excluding tert-OH is 2. The van der Waals surface area contributed by atoms with E-state index in [2.05, 4.69) is 62.0 Å². The predicted octanol–water partition coefficient (Wildman–Crippen LogP) is 3.19. The number of esters is 1. The molecule has 0 radical (unpaired) electrons. The van der Waals surface area contributed by atoms with E-state index in [4.69, 9.17) is 4.74 Å². The summed E-state index contributed by atoms with van der Waals surface area (Å²) in [5.74, 6) is -1.06. The topological polar surface area (TPSA) is 108 Å². The number of alkyl halides is 1. The molecular formula is C36H53Br2NO6. The van der Waals surface area contributed by atoms with Crippen LogP contribution in [-0.2, 0) is 19.9 Å². The van der Waals surface area contributed by atoms with E-state index < -0.39 is 24.1 Å². The number of hydrogen-bond acceptors (Lipinski definition) is 5. The molecule has 0 aliphatic heterocycles. The molecule has 4 unspecified atom stereocenters. The SMILES string of the molecule is CC(=O)O[C@H]1C[C@@]2(C)C(C[C@@H](O)C3[C@@]4(C)CC[C@@H](O)[C@@H](C)C4CC[C@@]32C)/C1=C(\CCC(Br)C(C)(C)[n+]1ccccc1)C(=O)O.[Br-]. The number of halogens is 2. The van der Waals surface area contributed by atoms with Gasteiger partial charge in [0.05, 0.1) is 17.0 Å². The Labute approximate surface area is 288 Å². The van der Waals surface area contributed by atoms with Crippen molar-refractivity contribution >= 4 is 27.9 Å². The van der Waals surface area contributed by atoms with Gasteiger partial charge in [0.15, 0.2) is 17.9 Å². The number of carboxylic acids is 1. The van der Waals surface area contributed by atoms with Crippen LogP contribution in [0.4, 0.5) is 0 Å². The Morgan fingerprint density at radius 3 is 2.31 bits per heavy atom. The number of carboxylic acid groups (broad SMARTS) is 1. The minimum atomic E-state index is -0.973. The zero-order valence-electron chi connectivity index (χ0n) is 27.9. The summed E-state index contributed by atoms with van der Waals surface area (Å²) in [5, 5.41) is 33.5. The summed E-state index contributed by atoms with van der Waals surface area (Å²) in [7, 11) is 0. The van der Waals surface area contributed by atoms with Gasteiger partial charge >= 0.3 is 11.9 Å². The monoisotopic (exact) mass is 753 g/mol. The van der Waals surface area contributed by atoms with Gasteiger partial charge in [-0.15, -0.1) is 0 Å². The van der Waals surface area contributed by atoms with E-state index in [1.54, 1.807) is 0 Å². The molecule has 0 bridgehead atoms. The Morgan fingerprint density at radius 2 is 1.71 bits per heavy atom. The van der Waals surface area contributed by atoms with Gasteiger partial charge in [-0.3, -0.25) is 4.79 Å². The van der Waals surface area contributed by atoms with Gasteiger partial charge in [-0.1, -0.05) is 49.7 Å². The van der Waals surface area contributed by atoms with Crippen LogP contribution in [0, 0.1) is 39.9 Å². The van der Waals surface area contributed by atoms with Crippen LogP contribution in [0.15, 0.2) is 41.7 Å². The van der Waals surface area contributed by atoms with Crippen molar-refractivity contribution < 1.29 is 51.2 Å². The molecule has 3 N–H and O–H groups in total. The molecule has 5 rings (SSSR count). The molecule has 0 aromatic carbocycles. The Bertz CT molecular complexity index is 1300. The van der Waals surface area contributed by atoms with Crippen molar-refractivity contribution in [2.45, 2.75) is 129 Å². The Hall–Kier alpha value is -1.29. The molecule has 1 heterocycles. The van der Waals surface area contributed by atoms with Crippen LogP contribution in [0.5, 0.6) is 0 Å². The van der Waals surface area contributed by atoms with Crippen LogP contribution >= 0.6 is 15.9 Å². The molecule has 11 atom stereocenters. The Morgan fingerprint density at radius 1 is 1.07 bits per heavy atom. The maximum Gasteiger partial charge on any atom is 0.331 e. The van der Waals surface area contributed by atoms with Gasteiger partial charge in [0.2, 0.25) is 0 Å². The Kier molecular flexibility index (Phi) is 10.5. The number of carbonyl (C=O) groups excluding carboxylic acids is 1. The number of nitrogens with zero attached hydrogens (tertiary/aromatic N) is 1. The van der Waals surface area contributed by atoms with Crippen LogP contribution < -0.4 is 21.5 Å². The highest BCUT2D eigenvalue weighted by Crippen LogP contribution is 2.74. The fourth-order valence-electron chi connectivity index (χ4n) is 10.9. The first-order valence-corrected chi connectivity index (χ1v) is 17.5. The highest BCUT2D eigenvalue weighted by molar-refractivity contribution is 9.09. The van der Waals surface area contributed by atoms with E-state index in [-0.39, 0.29) is 67.5 Å². The van der Waals surface area contributed by atoms with Crippen molar-refractivity contribution in [3.63, 3.8) is 0 Å². The Balaban J connectivity index is 0.00000461. The summed E-state index contributed by atoms with van der Waals surface area (Å²) in [5.41, 5.74) is -0.0357. The number of aromatic nitrogens is 1. The van der Waals surface area contributed by atoms with Crippen molar-refractivity contribution in [1.29, 1.82) is 0 Å². The minimum Gasteiger partial charge on any atom is -1.00 e. The molecule has 45 heavy (non-hydrogen) atoms. The van der Waals surface area contributed by atoms with Gasteiger partial charge in [-0.2, -0.15) is 4.57 Å². The van der Waals surface area contributed by atoms with E-state index in [0.29, 0.717) is 42.7 Å². The van der Waals surface area contributed by atoms with Crippen molar-refractivity contribution in [2.24, 2.45) is 39.9 Å². The minimum absolute atomic E-state index is 0. The van der Waals surface area contributed by atoms with Gasteiger partial charge < -0.3 is 37.0 Å². The molecule has 252 valence electrons. The van der Waals surface area contributed by atoms with Crippen molar-refractivity contribution in [3.8, 4) is 0 Å². The summed E-state index contributed by atoms with van der Waals surface area (Å²) in [6.45, 7) is 14.7. The molecule has 7 nitrogen and oxygen atoms in total. The van der Waals surface area contributed by atoms with E-state index >= 15 is 0 Å². The second-order valence-electron chi connectivity index (χ2n) is 15.8. The summed E-state index contributed by atoms with van der Waals surface area (Å²) in [6.07, 6.45) is 7.91. The molecule has 0 amide bonds. The van der Waals surface area contributed by atoms with Gasteiger partial charge in [0, 0.05) is 38.5 Å². The molecule has 4 aliphatic carbocycles. The molecule has 0 spiro atoms. The van der Waals surface area contributed by atoms with Gasteiger partial charge in [0.25, 0.3) is 0 Å². The molecule has 1 aromatic heterocycles. The number of carbonyl (C=O) groups is 2. The molecule has 9 heteroatoms. The number of fused-ring (bicyclic) bond motifs is 5. The standard InChI is InChI=1S/C36H52BrNO6.BrH/c1-21-24-13-16-35(6)31(34(24,5)15-14-26(21)40)27(41)19-25-30(28(44-22(2)39)20-36(25,35)7)23(32(42)43)11-12-29(37)33(3,4)38-17-9-8-10-18-38;/h8-10,17-18,21,24-29,31,40-41H,11-16,19-20H2,1-7H3;1H/b30-23-;/t21-,24?,25?,26+,27+,28-,29?,31?,34-,35-,36-;/m0./s1. The second-order valence-corrected chi connectivity index (χ2v) is 16.9. The summed E-state index contributed by atoms with van der Waals surface area (Å²) < 4.78 is 8.12. The van der Waals surface area contributed by atoms with Gasteiger partial charge in [-0.25, -0.2) is 4.79 Å². The molecule has 1 aromatic rings. The highest BCUT2D eigenvalue weighted by Gasteiger charge is 2.70. The number of pyridine rings is 1. The number of rotatable bonds is 7. The summed E-state index contributed by atoms with van der Waals surface area (Å²) in [6, 6.07) is 5.95. The number of aliphatic carboxylic acids is 1. The molecule has 4 aliphatic rings. The average Bonchev–Trinajstić information content (AvgIpc) is 3.22. The van der Waals surface area contributed by atoms with Crippen LogP contribution in [0.1, 0.15) is 99.8 Å². The summed E-state index contributed by atoms with van der Waals surface area (Å²) in [4.78, 5) is 25.5. The maximum absolute atomic E-state index is 13.1. The first-order chi connectivity index (χ1) is 20.5. The molecule has 4 fully saturated rings. The average molecular weight is 756 g/mol. The smallest absolute Gasteiger partial charge is 0.331 e. The number of ether oxygens (including phenoxy) is 1. The molecule has 0 saturated heterocycles. The van der Waals surface area contributed by atoms with Crippen molar-refractivity contribution in [3.05, 3.63) is 41.7 Å². The van der Waals surface area contributed by atoms with E-state index in [0.717, 1.165) is 25.7 Å². The maximum atomic E-state index is 13.1. The quantitative estimate of drug-likeness (QED) is 0.171. The largest absolute Gasteiger partial charge is 1.00 e. The van der Waals surface area contributed by atoms with Crippen LogP contribution in [0.25, 0.3) is 0 Å². The van der Waals surface area contributed by atoms with Crippen molar-refractivity contribution in [2.75, 3.05) is 0 Å². The zero-order valence-corrected chi connectivity index (χ0v) is 31.1. The van der Waals surface area contributed by atoms with Crippen molar-refractivity contribution in [1.82, 2.24) is 0 Å². The zero-order chi connectivity index (χ0) is 32.4. The lowest BCUT2D eigenvalue weighted by molar-refractivity contribution is -0.757. The van der Waals surface area contributed by atoms with Gasteiger partial charge in [0.1, 0.15) is 6.10 Å². The van der Waals surface area contributed by atoms with E-state index in [1.807, 2.05) is 30.6 Å². The number of hydrogen-bond donors (Lipinski definition) is 3. The summed E-state index contributed by atoms with van der Waals surface area (Å²) >= 11 is 3.89. The fourth-order valence-corrected chi connectivity index (χ4v) is 11.3. The lowest BCUT2D eigenvalue weighted by Gasteiger charge is -2.69. The third-order valence-corrected chi connectivity index (χ3v) is 15.0. The first kappa shape index (κ1) is 36.5. The number of aliphatic hydroxyl groups is 2. The van der Waals surface area contributed by atoms with Crippen LogP contribution in [-0.4, -0.2) is 50.4 Å². The predicted molar refractivity (Wildman–Crippen MR) is 172 cm³/mol. The second kappa shape index (κ2) is 13.0. The van der Waals surface area contributed by atoms with Crippen LogP contribution in [0.3, 0.4) is 0 Å².